The maximum Gasteiger partial charge on any atom is 0.339 e. The van der Waals surface area contributed by atoms with Gasteiger partial charge in [-0.05, 0) is 83.9 Å². The van der Waals surface area contributed by atoms with Crippen molar-refractivity contribution in [3.8, 4) is 5.75 Å². The number of aromatic carboxylic acids is 1. The first kappa shape index (κ1) is 19.8. The molecule has 0 radical (unpaired) electrons. The molecule has 0 fully saturated rings. The highest BCUT2D eigenvalue weighted by Crippen LogP contribution is 2.40. The summed E-state index contributed by atoms with van der Waals surface area (Å²) in [6, 6.07) is 13.7. The topological polar surface area (TPSA) is 75.6 Å². The molecule has 2 N–H and O–H groups in total. The molecule has 5 rings (SSSR count). The number of carbonyl (C=O) groups is 2. The van der Waals surface area contributed by atoms with Gasteiger partial charge in [-0.2, -0.15) is 0 Å². The van der Waals surface area contributed by atoms with Crippen LogP contribution in [0, 0.1) is 0 Å². The normalized spacial score (nSPS) is 17.2. The quantitative estimate of drug-likeness (QED) is 0.586. The Hall–Kier alpha value is -3.12. The van der Waals surface area contributed by atoms with Crippen LogP contribution in [0.25, 0.3) is 0 Å². The van der Waals surface area contributed by atoms with E-state index in [0.717, 1.165) is 49.0 Å². The number of nitrogens with one attached hydrogen (secondary N) is 1. The molecule has 2 heterocycles. The number of thiophene rings is 1. The Balaban J connectivity index is 1.40. The molecule has 1 aromatic heterocycles. The molecule has 1 atom stereocenters. The summed E-state index contributed by atoms with van der Waals surface area (Å²) >= 11 is 1.29. The predicted octanol–water partition coefficient (Wildman–Crippen LogP) is 5.30. The van der Waals surface area contributed by atoms with Gasteiger partial charge in [0.2, 0.25) is 0 Å². The number of carboxylic acid groups (broad SMARTS) is 1. The Kier molecular flexibility index (Phi) is 5.24. The van der Waals surface area contributed by atoms with Crippen molar-refractivity contribution in [1.29, 1.82) is 0 Å². The van der Waals surface area contributed by atoms with Crippen LogP contribution in [0.4, 0.5) is 5.00 Å². The summed E-state index contributed by atoms with van der Waals surface area (Å²) in [7, 11) is 0. The largest absolute Gasteiger partial charge is 0.493 e. The van der Waals surface area contributed by atoms with E-state index in [1.54, 1.807) is 6.07 Å². The molecule has 2 aliphatic rings. The third-order valence-electron chi connectivity index (χ3n) is 6.22. The molecule has 31 heavy (non-hydrogen) atoms. The van der Waals surface area contributed by atoms with Crippen molar-refractivity contribution < 1.29 is 19.4 Å². The number of anilines is 1. The average molecular weight is 434 g/mol. The van der Waals surface area contributed by atoms with Crippen LogP contribution in [-0.2, 0) is 19.3 Å². The van der Waals surface area contributed by atoms with Gasteiger partial charge in [0.05, 0.1) is 12.2 Å². The minimum atomic E-state index is -0.996. The first-order chi connectivity index (χ1) is 15.1. The highest BCUT2D eigenvalue weighted by atomic mass is 32.1. The summed E-state index contributed by atoms with van der Waals surface area (Å²) in [5.41, 5.74) is 5.20. The monoisotopic (exact) mass is 433 g/mol. The second kappa shape index (κ2) is 8.19. The first-order valence-electron chi connectivity index (χ1n) is 10.6. The molecule has 1 amide bonds. The molecule has 158 valence electrons. The SMILES string of the molecule is O=C(Nc1scc(C2CCc3ccccc3C2)c1C(=O)O)c1ccc2c(c1)CCCO2. The van der Waals surface area contributed by atoms with E-state index in [2.05, 4.69) is 17.4 Å². The fraction of sp³-hybridized carbons (Fsp3) is 0.280. The minimum Gasteiger partial charge on any atom is -0.493 e. The van der Waals surface area contributed by atoms with Crippen molar-refractivity contribution in [3.05, 3.63) is 81.2 Å². The number of rotatable bonds is 4. The van der Waals surface area contributed by atoms with E-state index in [1.165, 1.54) is 22.5 Å². The Morgan fingerprint density at radius 3 is 2.74 bits per heavy atom. The van der Waals surface area contributed by atoms with Crippen molar-refractivity contribution in [1.82, 2.24) is 0 Å². The van der Waals surface area contributed by atoms with Gasteiger partial charge in [0.25, 0.3) is 5.91 Å². The molecule has 1 unspecified atom stereocenters. The number of amides is 1. The maximum atomic E-state index is 12.9. The summed E-state index contributed by atoms with van der Waals surface area (Å²) in [4.78, 5) is 25.0. The number of fused-ring (bicyclic) bond motifs is 2. The van der Waals surface area contributed by atoms with Crippen LogP contribution in [0.2, 0.25) is 0 Å². The van der Waals surface area contributed by atoms with E-state index in [4.69, 9.17) is 4.74 Å². The van der Waals surface area contributed by atoms with Crippen molar-refractivity contribution >= 4 is 28.2 Å². The molecule has 0 saturated carbocycles. The lowest BCUT2D eigenvalue weighted by Gasteiger charge is -2.24. The molecule has 3 aromatic rings. The summed E-state index contributed by atoms with van der Waals surface area (Å²) < 4.78 is 5.62. The van der Waals surface area contributed by atoms with Gasteiger partial charge in [-0.3, -0.25) is 4.79 Å². The summed E-state index contributed by atoms with van der Waals surface area (Å²) in [6.07, 6.45) is 4.48. The zero-order valence-corrected chi connectivity index (χ0v) is 17.8. The second-order valence-electron chi connectivity index (χ2n) is 8.14. The lowest BCUT2D eigenvalue weighted by molar-refractivity contribution is 0.0696. The highest BCUT2D eigenvalue weighted by Gasteiger charge is 2.28. The standard InChI is InChI=1S/C25H23NO4S/c27-23(19-9-10-21-18(13-19)6-3-11-30-21)26-24-22(25(28)29)20(14-31-24)17-8-7-15-4-1-2-5-16(15)12-17/h1-2,4-5,9-10,13-14,17H,3,6-8,11-12H2,(H,26,27)(H,28,29). The molecule has 0 saturated heterocycles. The molecule has 0 spiro atoms. The number of hydrogen-bond donors (Lipinski definition) is 2. The number of benzene rings is 2. The van der Waals surface area contributed by atoms with Crippen molar-refractivity contribution in [3.63, 3.8) is 0 Å². The van der Waals surface area contributed by atoms with E-state index in [-0.39, 0.29) is 17.4 Å². The number of aryl methyl sites for hydroxylation is 2. The van der Waals surface area contributed by atoms with Crippen LogP contribution in [0.5, 0.6) is 5.75 Å². The van der Waals surface area contributed by atoms with Gasteiger partial charge in [0, 0.05) is 5.56 Å². The van der Waals surface area contributed by atoms with Crippen LogP contribution in [0.1, 0.15) is 61.7 Å². The average Bonchev–Trinajstić information content (AvgIpc) is 3.22. The number of carboxylic acids is 1. The lowest BCUT2D eigenvalue weighted by Crippen LogP contribution is -2.17. The van der Waals surface area contributed by atoms with Crippen molar-refractivity contribution in [2.75, 3.05) is 11.9 Å². The molecular formula is C25H23NO4S. The number of carbonyl (C=O) groups excluding carboxylic acids is 1. The third kappa shape index (κ3) is 3.83. The molecule has 6 heteroatoms. The van der Waals surface area contributed by atoms with Gasteiger partial charge < -0.3 is 15.2 Å². The second-order valence-corrected chi connectivity index (χ2v) is 9.02. The summed E-state index contributed by atoms with van der Waals surface area (Å²) in [6.45, 7) is 0.699. The summed E-state index contributed by atoms with van der Waals surface area (Å²) in [5.74, 6) is -0.323. The van der Waals surface area contributed by atoms with Gasteiger partial charge in [0.15, 0.2) is 0 Å². The highest BCUT2D eigenvalue weighted by molar-refractivity contribution is 7.15. The zero-order chi connectivity index (χ0) is 21.4. The van der Waals surface area contributed by atoms with Gasteiger partial charge in [-0.25, -0.2) is 4.79 Å². The molecule has 0 bridgehead atoms. The van der Waals surface area contributed by atoms with Gasteiger partial charge in [0.1, 0.15) is 10.8 Å². The number of ether oxygens (including phenoxy) is 1. The maximum absolute atomic E-state index is 12.9. The Bertz CT molecular complexity index is 1170. The fourth-order valence-corrected chi connectivity index (χ4v) is 5.65. The van der Waals surface area contributed by atoms with Crippen LogP contribution in [-0.4, -0.2) is 23.6 Å². The molecule has 5 nitrogen and oxygen atoms in total. The first-order valence-corrected chi connectivity index (χ1v) is 11.5. The molecular weight excluding hydrogens is 410 g/mol. The Morgan fingerprint density at radius 1 is 1.06 bits per heavy atom. The number of hydrogen-bond acceptors (Lipinski definition) is 4. The van der Waals surface area contributed by atoms with E-state index in [0.29, 0.717) is 17.2 Å². The third-order valence-corrected chi connectivity index (χ3v) is 7.13. The Morgan fingerprint density at radius 2 is 1.90 bits per heavy atom. The van der Waals surface area contributed by atoms with E-state index in [9.17, 15) is 14.7 Å². The van der Waals surface area contributed by atoms with Gasteiger partial charge in [-0.15, -0.1) is 11.3 Å². The summed E-state index contributed by atoms with van der Waals surface area (Å²) in [5, 5.41) is 15.1. The van der Waals surface area contributed by atoms with Gasteiger partial charge >= 0.3 is 5.97 Å². The Labute approximate surface area is 184 Å². The fourth-order valence-electron chi connectivity index (χ4n) is 4.62. The van der Waals surface area contributed by atoms with E-state index < -0.39 is 5.97 Å². The lowest BCUT2D eigenvalue weighted by atomic mass is 9.80. The van der Waals surface area contributed by atoms with E-state index >= 15 is 0 Å². The van der Waals surface area contributed by atoms with Crippen LogP contribution in [0.3, 0.4) is 0 Å². The molecule has 1 aliphatic heterocycles. The smallest absolute Gasteiger partial charge is 0.339 e. The van der Waals surface area contributed by atoms with E-state index in [1.807, 2.05) is 29.6 Å². The minimum absolute atomic E-state index is 0.142. The predicted molar refractivity (Wildman–Crippen MR) is 121 cm³/mol. The van der Waals surface area contributed by atoms with Crippen LogP contribution in [0.15, 0.2) is 47.8 Å². The van der Waals surface area contributed by atoms with Crippen molar-refractivity contribution in [2.45, 2.75) is 38.0 Å². The van der Waals surface area contributed by atoms with Crippen LogP contribution >= 0.6 is 11.3 Å². The molecule has 1 aliphatic carbocycles. The van der Waals surface area contributed by atoms with Gasteiger partial charge in [-0.1, -0.05) is 24.3 Å². The zero-order valence-electron chi connectivity index (χ0n) is 17.0. The molecule has 2 aromatic carbocycles. The van der Waals surface area contributed by atoms with Crippen LogP contribution < -0.4 is 10.1 Å². The van der Waals surface area contributed by atoms with Crippen molar-refractivity contribution in [2.24, 2.45) is 0 Å².